The maximum atomic E-state index is 6.06. The number of benzene rings is 1. The topological polar surface area (TPSA) is 9.23 Å². The maximum Gasteiger partial charge on any atom is 0.139 e. The molecule has 0 N–H and O–H groups in total. The second-order valence-electron chi connectivity index (χ2n) is 3.20. The fraction of sp³-hybridized carbons (Fsp3) is 0.400. The minimum absolute atomic E-state index is 0.145. The molecule has 0 aromatic heterocycles. The highest BCUT2D eigenvalue weighted by Crippen LogP contribution is 2.32. The zero-order valence-electron chi connectivity index (χ0n) is 7.90. The van der Waals surface area contributed by atoms with Crippen LogP contribution in [0.1, 0.15) is 19.4 Å². The van der Waals surface area contributed by atoms with Crippen LogP contribution in [0.4, 0.5) is 0 Å². The molecule has 0 saturated heterocycles. The van der Waals surface area contributed by atoms with Crippen LogP contribution < -0.4 is 4.74 Å². The molecule has 0 saturated carbocycles. The van der Waals surface area contributed by atoms with E-state index >= 15 is 0 Å². The zero-order chi connectivity index (χ0) is 10.0. The molecule has 0 atom stereocenters. The number of halogens is 2. The maximum absolute atomic E-state index is 6.06. The minimum Gasteiger partial charge on any atom is -0.489 e. The van der Waals surface area contributed by atoms with Crippen LogP contribution >= 0.6 is 27.5 Å². The average Bonchev–Trinajstić information content (AvgIpc) is 1.98. The van der Waals surface area contributed by atoms with Crippen LogP contribution in [0.15, 0.2) is 16.6 Å². The summed E-state index contributed by atoms with van der Waals surface area (Å²) in [6.45, 7) is 5.92. The Morgan fingerprint density at radius 3 is 2.54 bits per heavy atom. The van der Waals surface area contributed by atoms with Crippen LogP contribution in [0.2, 0.25) is 5.02 Å². The molecule has 0 heterocycles. The lowest BCUT2D eigenvalue weighted by atomic mass is 10.2. The molecule has 72 valence electrons. The third kappa shape index (κ3) is 2.89. The SMILES string of the molecule is Cc1cc(Br)cc(OC(C)C)c1Cl. The first kappa shape index (κ1) is 10.9. The van der Waals surface area contributed by atoms with E-state index < -0.39 is 0 Å². The molecular weight excluding hydrogens is 251 g/mol. The molecule has 0 aliphatic carbocycles. The Kier molecular flexibility index (Phi) is 3.63. The Morgan fingerprint density at radius 2 is 2.00 bits per heavy atom. The minimum atomic E-state index is 0.145. The van der Waals surface area contributed by atoms with Gasteiger partial charge in [0.25, 0.3) is 0 Å². The highest BCUT2D eigenvalue weighted by molar-refractivity contribution is 9.10. The predicted molar refractivity (Wildman–Crippen MR) is 59.7 cm³/mol. The highest BCUT2D eigenvalue weighted by atomic mass is 79.9. The van der Waals surface area contributed by atoms with E-state index in [0.29, 0.717) is 5.02 Å². The summed E-state index contributed by atoms with van der Waals surface area (Å²) in [5.41, 5.74) is 1.02. The van der Waals surface area contributed by atoms with Gasteiger partial charge in [-0.25, -0.2) is 0 Å². The van der Waals surface area contributed by atoms with Crippen molar-refractivity contribution in [2.24, 2.45) is 0 Å². The Labute approximate surface area is 92.2 Å². The van der Waals surface area contributed by atoms with Crippen molar-refractivity contribution in [2.45, 2.75) is 26.9 Å². The molecule has 1 nitrogen and oxygen atoms in total. The van der Waals surface area contributed by atoms with E-state index in [1.54, 1.807) is 0 Å². The van der Waals surface area contributed by atoms with Crippen molar-refractivity contribution in [3.05, 3.63) is 27.2 Å². The summed E-state index contributed by atoms with van der Waals surface area (Å²) in [5.74, 6) is 0.739. The third-order valence-electron chi connectivity index (χ3n) is 1.55. The van der Waals surface area contributed by atoms with Crippen molar-refractivity contribution in [3.8, 4) is 5.75 Å². The van der Waals surface area contributed by atoms with Gasteiger partial charge >= 0.3 is 0 Å². The lowest BCUT2D eigenvalue weighted by Gasteiger charge is -2.12. The molecule has 1 aromatic rings. The molecule has 0 amide bonds. The monoisotopic (exact) mass is 262 g/mol. The van der Waals surface area contributed by atoms with Crippen molar-refractivity contribution in [1.29, 1.82) is 0 Å². The van der Waals surface area contributed by atoms with Gasteiger partial charge in [-0.3, -0.25) is 0 Å². The molecule has 13 heavy (non-hydrogen) atoms. The van der Waals surface area contributed by atoms with E-state index in [1.165, 1.54) is 0 Å². The van der Waals surface area contributed by atoms with Crippen molar-refractivity contribution in [1.82, 2.24) is 0 Å². The summed E-state index contributed by atoms with van der Waals surface area (Å²) in [4.78, 5) is 0. The third-order valence-corrected chi connectivity index (χ3v) is 2.49. The normalized spacial score (nSPS) is 10.6. The molecule has 0 spiro atoms. The van der Waals surface area contributed by atoms with Crippen LogP contribution in [0, 0.1) is 6.92 Å². The zero-order valence-corrected chi connectivity index (χ0v) is 10.2. The van der Waals surface area contributed by atoms with Crippen LogP contribution in [-0.2, 0) is 0 Å². The second-order valence-corrected chi connectivity index (χ2v) is 4.50. The van der Waals surface area contributed by atoms with Gasteiger partial charge in [0.15, 0.2) is 0 Å². The van der Waals surface area contributed by atoms with Crippen molar-refractivity contribution in [2.75, 3.05) is 0 Å². The number of rotatable bonds is 2. The highest BCUT2D eigenvalue weighted by Gasteiger charge is 2.07. The number of hydrogen-bond acceptors (Lipinski definition) is 1. The van der Waals surface area contributed by atoms with E-state index in [4.69, 9.17) is 16.3 Å². The molecule has 0 unspecified atom stereocenters. The second kappa shape index (κ2) is 4.34. The summed E-state index contributed by atoms with van der Waals surface area (Å²) in [7, 11) is 0. The fourth-order valence-electron chi connectivity index (χ4n) is 1.03. The molecular formula is C10H12BrClO. The molecule has 1 rings (SSSR count). The standard InChI is InChI=1S/C10H12BrClO/c1-6(2)13-9-5-8(11)4-7(3)10(9)12/h4-6H,1-3H3. The average molecular weight is 264 g/mol. The van der Waals surface area contributed by atoms with Gasteiger partial charge in [0, 0.05) is 4.47 Å². The summed E-state index contributed by atoms with van der Waals surface area (Å²) in [6, 6.07) is 3.85. The summed E-state index contributed by atoms with van der Waals surface area (Å²) < 4.78 is 6.54. The lowest BCUT2D eigenvalue weighted by Crippen LogP contribution is -2.06. The van der Waals surface area contributed by atoms with Gasteiger partial charge in [0.1, 0.15) is 5.75 Å². The van der Waals surface area contributed by atoms with E-state index in [2.05, 4.69) is 15.9 Å². The Bertz CT molecular complexity index is 310. The first-order chi connectivity index (χ1) is 6.00. The van der Waals surface area contributed by atoms with Crippen LogP contribution in [0.3, 0.4) is 0 Å². The number of aryl methyl sites for hydroxylation is 1. The van der Waals surface area contributed by atoms with E-state index in [0.717, 1.165) is 15.8 Å². The van der Waals surface area contributed by atoms with Crippen LogP contribution in [0.25, 0.3) is 0 Å². The van der Waals surface area contributed by atoms with E-state index in [9.17, 15) is 0 Å². The van der Waals surface area contributed by atoms with Crippen LogP contribution in [0.5, 0.6) is 5.75 Å². The van der Waals surface area contributed by atoms with E-state index in [-0.39, 0.29) is 6.10 Å². The molecule has 1 aromatic carbocycles. The quantitative estimate of drug-likeness (QED) is 0.777. The van der Waals surface area contributed by atoms with Crippen LogP contribution in [-0.4, -0.2) is 6.10 Å². The van der Waals surface area contributed by atoms with Gasteiger partial charge in [-0.15, -0.1) is 0 Å². The summed E-state index contributed by atoms with van der Waals surface area (Å²) in [6.07, 6.45) is 0.145. The molecule has 0 radical (unpaired) electrons. The summed E-state index contributed by atoms with van der Waals surface area (Å²) in [5, 5.41) is 0.692. The van der Waals surface area contributed by atoms with Gasteiger partial charge < -0.3 is 4.74 Å². The summed E-state index contributed by atoms with van der Waals surface area (Å²) >= 11 is 9.46. The Hall–Kier alpha value is -0.210. The first-order valence-electron chi connectivity index (χ1n) is 4.13. The molecule has 3 heteroatoms. The van der Waals surface area contributed by atoms with Gasteiger partial charge in [-0.2, -0.15) is 0 Å². The number of ether oxygens (including phenoxy) is 1. The van der Waals surface area contributed by atoms with Gasteiger partial charge in [0.05, 0.1) is 11.1 Å². The first-order valence-corrected chi connectivity index (χ1v) is 5.30. The molecule has 0 bridgehead atoms. The van der Waals surface area contributed by atoms with Gasteiger partial charge in [-0.05, 0) is 38.5 Å². The van der Waals surface area contributed by atoms with Crippen molar-refractivity contribution >= 4 is 27.5 Å². The van der Waals surface area contributed by atoms with Gasteiger partial charge in [-0.1, -0.05) is 27.5 Å². The molecule has 0 aliphatic heterocycles. The smallest absolute Gasteiger partial charge is 0.139 e. The fourth-order valence-corrected chi connectivity index (χ4v) is 1.74. The van der Waals surface area contributed by atoms with Crippen molar-refractivity contribution < 1.29 is 4.74 Å². The number of hydrogen-bond donors (Lipinski definition) is 0. The Morgan fingerprint density at radius 1 is 1.38 bits per heavy atom. The molecule has 0 fully saturated rings. The lowest BCUT2D eigenvalue weighted by molar-refractivity contribution is 0.242. The largest absolute Gasteiger partial charge is 0.489 e. The Balaban J connectivity index is 3.05. The van der Waals surface area contributed by atoms with Gasteiger partial charge in [0.2, 0.25) is 0 Å². The molecule has 0 aliphatic rings. The predicted octanol–water partition coefficient (Wildman–Crippen LogP) is 4.20. The van der Waals surface area contributed by atoms with E-state index in [1.807, 2.05) is 32.9 Å². The van der Waals surface area contributed by atoms with Crippen molar-refractivity contribution in [3.63, 3.8) is 0 Å².